The van der Waals surface area contributed by atoms with Crippen LogP contribution in [0.1, 0.15) is 57.0 Å². The molecule has 2 aromatic heterocycles. The van der Waals surface area contributed by atoms with Crippen molar-refractivity contribution in [3.8, 4) is 11.6 Å². The minimum atomic E-state index is -0.868. The second-order valence-corrected chi connectivity index (χ2v) is 9.57. The number of H-pyrrole nitrogens is 1. The molecular formula is C24H32N6O3. The Morgan fingerprint density at radius 1 is 1.15 bits per heavy atom. The standard InChI is InChI=1S/C24H32N6O3/c1-15(2)11-20(23(31)32)19(22-27-29-30-28-22)12-17-7-10-21(26-14-17)33-18-8-5-16(6-9-18)13-24(3,4)25/h5-10,14-15,19-20H,11-13,25H2,1-4H3,(H,31,32)(H,27,28,29,30)/t19-,20-/m0/s1. The van der Waals surface area contributed by atoms with E-state index in [1.807, 2.05) is 58.0 Å². The molecular weight excluding hydrogens is 420 g/mol. The first-order chi connectivity index (χ1) is 15.6. The fourth-order valence-electron chi connectivity index (χ4n) is 3.85. The van der Waals surface area contributed by atoms with Gasteiger partial charge in [0.15, 0.2) is 5.82 Å². The van der Waals surface area contributed by atoms with Gasteiger partial charge < -0.3 is 15.6 Å². The van der Waals surface area contributed by atoms with E-state index in [0.717, 1.165) is 17.5 Å². The Labute approximate surface area is 193 Å². The second kappa shape index (κ2) is 10.5. The number of nitrogens with zero attached hydrogens (tertiary/aromatic N) is 4. The van der Waals surface area contributed by atoms with Crippen molar-refractivity contribution in [2.75, 3.05) is 0 Å². The normalized spacial score (nSPS) is 13.6. The number of hydrogen-bond acceptors (Lipinski definition) is 7. The van der Waals surface area contributed by atoms with Crippen molar-refractivity contribution in [2.45, 2.75) is 58.4 Å². The summed E-state index contributed by atoms with van der Waals surface area (Å²) in [4.78, 5) is 16.4. The molecule has 0 spiro atoms. The number of tetrazole rings is 1. The van der Waals surface area contributed by atoms with Crippen molar-refractivity contribution in [1.29, 1.82) is 0 Å². The van der Waals surface area contributed by atoms with Crippen LogP contribution in [0.15, 0.2) is 42.6 Å². The fraction of sp³-hybridized carbons (Fsp3) is 0.458. The molecule has 2 atom stereocenters. The van der Waals surface area contributed by atoms with Crippen LogP contribution in [0.2, 0.25) is 0 Å². The third kappa shape index (κ3) is 7.35. The predicted molar refractivity (Wildman–Crippen MR) is 124 cm³/mol. The zero-order valence-electron chi connectivity index (χ0n) is 19.5. The monoisotopic (exact) mass is 452 g/mol. The van der Waals surface area contributed by atoms with Gasteiger partial charge in [0.2, 0.25) is 5.88 Å². The van der Waals surface area contributed by atoms with E-state index >= 15 is 0 Å². The van der Waals surface area contributed by atoms with Gasteiger partial charge >= 0.3 is 5.97 Å². The topological polar surface area (TPSA) is 140 Å². The second-order valence-electron chi connectivity index (χ2n) is 9.57. The van der Waals surface area contributed by atoms with Crippen molar-refractivity contribution in [1.82, 2.24) is 25.6 Å². The number of aliphatic carboxylic acids is 1. The molecule has 0 amide bonds. The maximum absolute atomic E-state index is 12.0. The molecule has 0 unspecified atom stereocenters. The number of carbonyl (C=O) groups is 1. The lowest BCUT2D eigenvalue weighted by Crippen LogP contribution is -2.34. The van der Waals surface area contributed by atoms with Gasteiger partial charge in [-0.25, -0.2) is 4.98 Å². The lowest BCUT2D eigenvalue weighted by Gasteiger charge is -2.23. The van der Waals surface area contributed by atoms with Crippen molar-refractivity contribution in [2.24, 2.45) is 17.6 Å². The summed E-state index contributed by atoms with van der Waals surface area (Å²) < 4.78 is 5.86. The number of aromatic amines is 1. The molecule has 0 bridgehead atoms. The Morgan fingerprint density at radius 3 is 2.36 bits per heavy atom. The zero-order chi connectivity index (χ0) is 24.0. The van der Waals surface area contributed by atoms with Crippen LogP contribution >= 0.6 is 0 Å². The highest BCUT2D eigenvalue weighted by Crippen LogP contribution is 2.31. The number of carboxylic acids is 1. The van der Waals surface area contributed by atoms with Gasteiger partial charge in [-0.15, -0.1) is 10.2 Å². The summed E-state index contributed by atoms with van der Waals surface area (Å²) in [5, 5.41) is 24.0. The van der Waals surface area contributed by atoms with E-state index in [1.165, 1.54) is 0 Å². The van der Waals surface area contributed by atoms with Crippen molar-refractivity contribution in [3.05, 3.63) is 59.5 Å². The molecule has 4 N–H and O–H groups in total. The largest absolute Gasteiger partial charge is 0.481 e. The summed E-state index contributed by atoms with van der Waals surface area (Å²) in [7, 11) is 0. The van der Waals surface area contributed by atoms with Gasteiger partial charge in [0.25, 0.3) is 0 Å². The van der Waals surface area contributed by atoms with Gasteiger partial charge in [-0.2, -0.15) is 5.21 Å². The number of nitrogens with two attached hydrogens (primary N) is 1. The van der Waals surface area contributed by atoms with E-state index in [1.54, 1.807) is 12.3 Å². The van der Waals surface area contributed by atoms with Crippen molar-refractivity contribution >= 4 is 5.97 Å². The molecule has 176 valence electrons. The summed E-state index contributed by atoms with van der Waals surface area (Å²) in [5.74, 6) is -0.166. The summed E-state index contributed by atoms with van der Waals surface area (Å²) in [6, 6.07) is 11.4. The van der Waals surface area contributed by atoms with Crippen molar-refractivity contribution < 1.29 is 14.6 Å². The van der Waals surface area contributed by atoms with Crippen LogP contribution in [-0.2, 0) is 17.6 Å². The highest BCUT2D eigenvalue weighted by Gasteiger charge is 2.33. The first-order valence-corrected chi connectivity index (χ1v) is 11.1. The summed E-state index contributed by atoms with van der Waals surface area (Å²) in [5.41, 5.74) is 7.82. The highest BCUT2D eigenvalue weighted by molar-refractivity contribution is 5.71. The van der Waals surface area contributed by atoms with Gasteiger partial charge in [-0.1, -0.05) is 37.3 Å². The molecule has 2 heterocycles. The van der Waals surface area contributed by atoms with E-state index in [9.17, 15) is 9.90 Å². The highest BCUT2D eigenvalue weighted by atomic mass is 16.5. The molecule has 9 nitrogen and oxygen atoms in total. The van der Waals surface area contributed by atoms with Gasteiger partial charge in [-0.05, 0) is 62.3 Å². The number of rotatable bonds is 11. The van der Waals surface area contributed by atoms with Gasteiger partial charge in [-0.3, -0.25) is 4.79 Å². The number of pyridine rings is 1. The zero-order valence-corrected chi connectivity index (χ0v) is 19.5. The fourth-order valence-corrected chi connectivity index (χ4v) is 3.85. The molecule has 0 aliphatic heterocycles. The average Bonchev–Trinajstić information content (AvgIpc) is 3.26. The molecule has 33 heavy (non-hydrogen) atoms. The molecule has 0 aliphatic carbocycles. The van der Waals surface area contributed by atoms with Gasteiger partial charge in [0.05, 0.1) is 5.92 Å². The quantitative estimate of drug-likeness (QED) is 0.400. The number of ether oxygens (including phenoxy) is 1. The first-order valence-electron chi connectivity index (χ1n) is 11.1. The molecule has 0 fully saturated rings. The smallest absolute Gasteiger partial charge is 0.307 e. The number of hydrogen-bond donors (Lipinski definition) is 3. The van der Waals surface area contributed by atoms with Gasteiger partial charge in [0, 0.05) is 23.7 Å². The van der Waals surface area contributed by atoms with Crippen LogP contribution in [0.5, 0.6) is 11.6 Å². The van der Waals surface area contributed by atoms with E-state index in [2.05, 4.69) is 25.6 Å². The summed E-state index contributed by atoms with van der Waals surface area (Å²) in [6.45, 7) is 7.99. The number of benzene rings is 1. The van der Waals surface area contributed by atoms with E-state index in [4.69, 9.17) is 10.5 Å². The molecule has 0 aliphatic rings. The van der Waals surface area contributed by atoms with E-state index < -0.39 is 17.8 Å². The minimum absolute atomic E-state index is 0.219. The summed E-state index contributed by atoms with van der Waals surface area (Å²) in [6.07, 6.45) is 3.42. The van der Waals surface area contributed by atoms with Crippen LogP contribution in [0.4, 0.5) is 0 Å². The molecule has 0 radical (unpaired) electrons. The van der Waals surface area contributed by atoms with Gasteiger partial charge in [0.1, 0.15) is 5.75 Å². The Hall–Kier alpha value is -3.33. The first kappa shape index (κ1) is 24.3. The van der Waals surface area contributed by atoms with E-state index in [-0.39, 0.29) is 11.5 Å². The average molecular weight is 453 g/mol. The predicted octanol–water partition coefficient (Wildman–Crippen LogP) is 3.74. The number of carboxylic acid groups (broad SMARTS) is 1. The maximum Gasteiger partial charge on any atom is 0.307 e. The molecule has 0 saturated carbocycles. The van der Waals surface area contributed by atoms with Crippen LogP contribution < -0.4 is 10.5 Å². The van der Waals surface area contributed by atoms with Crippen molar-refractivity contribution in [3.63, 3.8) is 0 Å². The Balaban J connectivity index is 1.70. The summed E-state index contributed by atoms with van der Waals surface area (Å²) >= 11 is 0. The number of aromatic nitrogens is 5. The lowest BCUT2D eigenvalue weighted by atomic mass is 9.81. The molecule has 1 aromatic carbocycles. The third-order valence-corrected chi connectivity index (χ3v) is 5.28. The maximum atomic E-state index is 12.0. The Bertz CT molecular complexity index is 1010. The van der Waals surface area contributed by atoms with Crippen LogP contribution in [0.3, 0.4) is 0 Å². The molecule has 9 heteroatoms. The van der Waals surface area contributed by atoms with E-state index in [0.29, 0.717) is 30.3 Å². The molecule has 3 rings (SSSR count). The molecule has 0 saturated heterocycles. The Morgan fingerprint density at radius 2 is 1.85 bits per heavy atom. The lowest BCUT2D eigenvalue weighted by molar-refractivity contribution is -0.143. The minimum Gasteiger partial charge on any atom is -0.481 e. The Kier molecular flexibility index (Phi) is 7.75. The molecule has 3 aromatic rings. The number of nitrogens with one attached hydrogen (secondary N) is 1. The SMILES string of the molecule is CC(C)C[C@H](C(=O)O)[C@H](Cc1ccc(Oc2ccc(CC(C)(C)N)cc2)nc1)c1nn[nH]n1. The van der Waals surface area contributed by atoms with Crippen LogP contribution in [0, 0.1) is 11.8 Å². The van der Waals surface area contributed by atoms with Crippen LogP contribution in [-0.4, -0.2) is 42.2 Å². The third-order valence-electron chi connectivity index (χ3n) is 5.28. The van der Waals surface area contributed by atoms with Crippen LogP contribution in [0.25, 0.3) is 0 Å².